The molecule has 0 aliphatic rings. The Morgan fingerprint density at radius 2 is 0.882 bits per heavy atom. The van der Waals surface area contributed by atoms with Gasteiger partial charge in [0.15, 0.2) is 0 Å². The van der Waals surface area contributed by atoms with Gasteiger partial charge in [0.1, 0.15) is 11.5 Å². The summed E-state index contributed by atoms with van der Waals surface area (Å²) in [4.78, 5) is 26.0. The Kier molecular flexibility index (Phi) is 5.56. The molecule has 0 fully saturated rings. The number of benzene rings is 5. The van der Waals surface area contributed by atoms with Gasteiger partial charge in [-0.05, 0) is 50.2 Å². The molecule has 0 saturated heterocycles. The van der Waals surface area contributed by atoms with Crippen LogP contribution in [0.2, 0.25) is 0 Å². The molecular formula is C30H22O4. The Labute approximate surface area is 197 Å². The predicted octanol–water partition coefficient (Wildman–Crippen LogP) is 7.05. The summed E-state index contributed by atoms with van der Waals surface area (Å²) < 4.78 is 12.0. The van der Waals surface area contributed by atoms with E-state index in [1.807, 2.05) is 62.4 Å². The summed E-state index contributed by atoms with van der Waals surface area (Å²) in [6.07, 6.45) is 0. The minimum atomic E-state index is -0.445. The van der Waals surface area contributed by atoms with E-state index in [0.717, 1.165) is 11.1 Å². The highest BCUT2D eigenvalue weighted by Crippen LogP contribution is 2.44. The van der Waals surface area contributed by atoms with E-state index in [2.05, 4.69) is 0 Å². The highest BCUT2D eigenvalue weighted by molar-refractivity contribution is 6.14. The van der Waals surface area contributed by atoms with E-state index in [1.165, 1.54) is 0 Å². The van der Waals surface area contributed by atoms with Crippen molar-refractivity contribution in [2.24, 2.45) is 0 Å². The van der Waals surface area contributed by atoms with E-state index in [4.69, 9.17) is 9.47 Å². The van der Waals surface area contributed by atoms with Crippen molar-refractivity contribution >= 4 is 33.5 Å². The number of rotatable bonds is 4. The molecule has 34 heavy (non-hydrogen) atoms. The molecular weight excluding hydrogens is 424 g/mol. The molecule has 0 amide bonds. The van der Waals surface area contributed by atoms with Crippen molar-refractivity contribution in [1.29, 1.82) is 0 Å². The van der Waals surface area contributed by atoms with Gasteiger partial charge in [-0.1, -0.05) is 71.8 Å². The van der Waals surface area contributed by atoms with Gasteiger partial charge in [-0.25, -0.2) is 9.59 Å². The first-order valence-electron chi connectivity index (χ1n) is 11.0. The number of hydrogen-bond acceptors (Lipinski definition) is 4. The van der Waals surface area contributed by atoms with Crippen molar-refractivity contribution in [1.82, 2.24) is 0 Å². The van der Waals surface area contributed by atoms with Crippen LogP contribution in [0.15, 0.2) is 97.1 Å². The van der Waals surface area contributed by atoms with Crippen molar-refractivity contribution in [3.63, 3.8) is 0 Å². The van der Waals surface area contributed by atoms with Crippen molar-refractivity contribution in [3.05, 3.63) is 119 Å². The first kappa shape index (κ1) is 21.4. The van der Waals surface area contributed by atoms with Crippen LogP contribution in [0.25, 0.3) is 21.5 Å². The smallest absolute Gasteiger partial charge is 0.343 e. The summed E-state index contributed by atoms with van der Waals surface area (Å²) in [5.74, 6) is 0.00255. The van der Waals surface area contributed by atoms with Gasteiger partial charge >= 0.3 is 11.9 Å². The third kappa shape index (κ3) is 4.02. The van der Waals surface area contributed by atoms with Crippen molar-refractivity contribution < 1.29 is 19.1 Å². The molecule has 0 saturated carbocycles. The Balaban J connectivity index is 1.73. The lowest BCUT2D eigenvalue weighted by molar-refractivity contribution is 0.0726. The maximum Gasteiger partial charge on any atom is 0.343 e. The van der Waals surface area contributed by atoms with Crippen molar-refractivity contribution in [3.8, 4) is 11.5 Å². The summed E-state index contributed by atoms with van der Waals surface area (Å²) >= 11 is 0. The fourth-order valence-corrected chi connectivity index (χ4v) is 4.05. The Morgan fingerprint density at radius 3 is 1.26 bits per heavy atom. The summed E-state index contributed by atoms with van der Waals surface area (Å²) in [5.41, 5.74) is 2.92. The third-order valence-corrected chi connectivity index (χ3v) is 5.74. The number of carbonyl (C=O) groups is 2. The first-order valence-corrected chi connectivity index (χ1v) is 11.0. The van der Waals surface area contributed by atoms with Gasteiger partial charge in [0.05, 0.1) is 11.1 Å². The predicted molar refractivity (Wildman–Crippen MR) is 134 cm³/mol. The van der Waals surface area contributed by atoms with Gasteiger partial charge in [-0.2, -0.15) is 0 Å². The lowest BCUT2D eigenvalue weighted by atomic mass is 9.97. The van der Waals surface area contributed by atoms with Crippen molar-refractivity contribution in [2.75, 3.05) is 0 Å². The van der Waals surface area contributed by atoms with E-state index in [9.17, 15) is 9.59 Å². The van der Waals surface area contributed by atoms with Gasteiger partial charge in [-0.15, -0.1) is 0 Å². The fourth-order valence-electron chi connectivity index (χ4n) is 4.05. The minimum absolute atomic E-state index is 0.445. The summed E-state index contributed by atoms with van der Waals surface area (Å²) in [6, 6.07) is 29.4. The van der Waals surface area contributed by atoms with Crippen LogP contribution in [-0.2, 0) is 0 Å². The van der Waals surface area contributed by atoms with Crippen LogP contribution in [0.5, 0.6) is 11.5 Å². The average molecular weight is 447 g/mol. The largest absolute Gasteiger partial charge is 0.422 e. The maximum atomic E-state index is 13.0. The van der Waals surface area contributed by atoms with E-state index in [0.29, 0.717) is 44.2 Å². The molecule has 0 radical (unpaired) electrons. The summed E-state index contributed by atoms with van der Waals surface area (Å²) in [7, 11) is 0. The monoisotopic (exact) mass is 446 g/mol. The number of carbonyl (C=O) groups excluding carboxylic acids is 2. The van der Waals surface area contributed by atoms with Crippen molar-refractivity contribution in [2.45, 2.75) is 13.8 Å². The number of ether oxygens (including phenoxy) is 2. The molecule has 0 aromatic heterocycles. The van der Waals surface area contributed by atoms with Crippen LogP contribution in [-0.4, -0.2) is 11.9 Å². The fraction of sp³-hybridized carbons (Fsp3) is 0.0667. The second-order valence-corrected chi connectivity index (χ2v) is 8.27. The molecule has 4 nitrogen and oxygen atoms in total. The molecule has 5 rings (SSSR count). The van der Waals surface area contributed by atoms with E-state index >= 15 is 0 Å². The van der Waals surface area contributed by atoms with E-state index in [-0.39, 0.29) is 0 Å². The molecule has 0 N–H and O–H groups in total. The quantitative estimate of drug-likeness (QED) is 0.169. The van der Waals surface area contributed by atoms with Crippen LogP contribution in [0, 0.1) is 13.8 Å². The maximum absolute atomic E-state index is 13.0. The lowest BCUT2D eigenvalue weighted by Crippen LogP contribution is -2.11. The summed E-state index contributed by atoms with van der Waals surface area (Å²) in [5, 5.41) is 2.81. The van der Waals surface area contributed by atoms with Gasteiger partial charge in [0, 0.05) is 21.5 Å². The molecule has 0 unspecified atom stereocenters. The minimum Gasteiger partial charge on any atom is -0.422 e. The Hall–Kier alpha value is -4.44. The molecule has 0 heterocycles. The standard InChI is InChI=1S/C30H22O4/c1-19-13-15-23-25(17-19)27(33-29(31)21-9-5-3-6-10-21)24-16-14-20(2)18-26(24)28(23)34-30(32)22-11-7-4-8-12-22/h3-18H,1-2H3. The first-order chi connectivity index (χ1) is 16.5. The zero-order valence-electron chi connectivity index (χ0n) is 18.9. The molecule has 5 aromatic rings. The van der Waals surface area contributed by atoms with E-state index < -0.39 is 11.9 Å². The number of esters is 2. The molecule has 0 aliphatic carbocycles. The highest BCUT2D eigenvalue weighted by atomic mass is 16.5. The second-order valence-electron chi connectivity index (χ2n) is 8.27. The summed E-state index contributed by atoms with van der Waals surface area (Å²) in [6.45, 7) is 3.94. The molecule has 4 heteroatoms. The molecule has 0 atom stereocenters. The Morgan fingerprint density at radius 1 is 0.500 bits per heavy atom. The molecule has 0 spiro atoms. The number of hydrogen-bond donors (Lipinski definition) is 0. The number of fused-ring (bicyclic) bond motifs is 2. The van der Waals surface area contributed by atoms with Gasteiger partial charge in [0.2, 0.25) is 0 Å². The molecule has 0 bridgehead atoms. The lowest BCUT2D eigenvalue weighted by Gasteiger charge is -2.17. The second kappa shape index (κ2) is 8.83. The number of aryl methyl sites for hydroxylation is 2. The van der Waals surface area contributed by atoms with Crippen LogP contribution in [0.1, 0.15) is 31.8 Å². The van der Waals surface area contributed by atoms with Crippen LogP contribution < -0.4 is 9.47 Å². The zero-order valence-corrected chi connectivity index (χ0v) is 18.9. The normalized spacial score (nSPS) is 10.9. The molecule has 0 aliphatic heterocycles. The van der Waals surface area contributed by atoms with Gasteiger partial charge in [-0.3, -0.25) is 0 Å². The SMILES string of the molecule is Cc1ccc2c(OC(=O)c3ccccc3)c3cc(C)ccc3c(OC(=O)c3ccccc3)c2c1. The third-order valence-electron chi connectivity index (χ3n) is 5.74. The molecule has 166 valence electrons. The highest BCUT2D eigenvalue weighted by Gasteiger charge is 2.21. The zero-order chi connectivity index (χ0) is 23.7. The Bertz CT molecular complexity index is 1420. The van der Waals surface area contributed by atoms with Gasteiger partial charge in [0.25, 0.3) is 0 Å². The molecule has 5 aromatic carbocycles. The van der Waals surface area contributed by atoms with E-state index in [1.54, 1.807) is 48.5 Å². The van der Waals surface area contributed by atoms with Gasteiger partial charge < -0.3 is 9.47 Å². The van der Waals surface area contributed by atoms with Crippen LogP contribution in [0.4, 0.5) is 0 Å². The van der Waals surface area contributed by atoms with Crippen LogP contribution in [0.3, 0.4) is 0 Å². The van der Waals surface area contributed by atoms with Crippen LogP contribution >= 0.6 is 0 Å². The average Bonchev–Trinajstić information content (AvgIpc) is 2.86. The topological polar surface area (TPSA) is 52.6 Å².